The fraction of sp³-hybridized carbons (Fsp3) is 0.125. The number of esters is 1. The third-order valence-corrected chi connectivity index (χ3v) is 3.81. The molecule has 0 atom stereocenters. The van der Waals surface area contributed by atoms with E-state index in [-0.39, 0.29) is 11.7 Å². The number of phenolic OH excluding ortho intramolecular Hbond substituents is 1. The van der Waals surface area contributed by atoms with E-state index < -0.39 is 0 Å². The first kappa shape index (κ1) is 15.5. The molecule has 0 saturated heterocycles. The quantitative estimate of drug-likeness (QED) is 0.488. The van der Waals surface area contributed by atoms with Crippen molar-refractivity contribution in [2.24, 2.45) is 4.99 Å². The fourth-order valence-electron chi connectivity index (χ4n) is 1.79. The van der Waals surface area contributed by atoms with Gasteiger partial charge in [-0.3, -0.25) is 4.99 Å². The number of aromatic hydroxyl groups is 1. The van der Waals surface area contributed by atoms with E-state index in [0.717, 1.165) is 20.4 Å². The van der Waals surface area contributed by atoms with Crippen LogP contribution in [0.2, 0.25) is 0 Å². The lowest BCUT2D eigenvalue weighted by Gasteiger charge is -2.04. The molecule has 0 bridgehead atoms. The molecule has 0 unspecified atom stereocenters. The molecule has 4 nitrogen and oxygen atoms in total. The van der Waals surface area contributed by atoms with Crippen LogP contribution in [-0.4, -0.2) is 24.4 Å². The lowest BCUT2D eigenvalue weighted by atomic mass is 10.1. The van der Waals surface area contributed by atoms with Gasteiger partial charge in [0.25, 0.3) is 0 Å². The highest BCUT2D eigenvalue weighted by atomic mass is 127. The minimum atomic E-state index is -0.360. The molecule has 2 rings (SSSR count). The molecule has 0 aliphatic heterocycles. The first-order chi connectivity index (χ1) is 10.0. The lowest BCUT2D eigenvalue weighted by Crippen LogP contribution is -2.00. The van der Waals surface area contributed by atoms with Gasteiger partial charge in [-0.25, -0.2) is 4.79 Å². The zero-order valence-electron chi connectivity index (χ0n) is 11.6. The van der Waals surface area contributed by atoms with Gasteiger partial charge in [0.05, 0.1) is 21.9 Å². The van der Waals surface area contributed by atoms with Gasteiger partial charge >= 0.3 is 5.97 Å². The SMILES string of the molecule is COC(=O)c1ccc(N=Cc2ccc(O)c(I)c2)c(C)c1. The molecule has 21 heavy (non-hydrogen) atoms. The summed E-state index contributed by atoms with van der Waals surface area (Å²) in [6.45, 7) is 1.89. The summed E-state index contributed by atoms with van der Waals surface area (Å²) in [4.78, 5) is 15.9. The number of benzene rings is 2. The number of aryl methyl sites for hydroxylation is 1. The van der Waals surface area contributed by atoms with Gasteiger partial charge in [-0.15, -0.1) is 0 Å². The number of ether oxygens (including phenoxy) is 1. The van der Waals surface area contributed by atoms with Gasteiger partial charge in [0.1, 0.15) is 5.75 Å². The van der Waals surface area contributed by atoms with E-state index in [1.807, 2.05) is 13.0 Å². The van der Waals surface area contributed by atoms with Crippen molar-refractivity contribution in [1.82, 2.24) is 0 Å². The maximum absolute atomic E-state index is 11.4. The van der Waals surface area contributed by atoms with Crippen molar-refractivity contribution in [1.29, 1.82) is 0 Å². The van der Waals surface area contributed by atoms with Gasteiger partial charge in [0.2, 0.25) is 0 Å². The van der Waals surface area contributed by atoms with E-state index in [9.17, 15) is 9.90 Å². The van der Waals surface area contributed by atoms with Crippen molar-refractivity contribution in [3.63, 3.8) is 0 Å². The number of nitrogens with zero attached hydrogens (tertiary/aromatic N) is 1. The van der Waals surface area contributed by atoms with Crippen LogP contribution in [0.3, 0.4) is 0 Å². The van der Waals surface area contributed by atoms with E-state index in [1.54, 1.807) is 36.5 Å². The normalized spacial score (nSPS) is 10.8. The topological polar surface area (TPSA) is 58.9 Å². The number of rotatable bonds is 3. The molecule has 1 N–H and O–H groups in total. The first-order valence-corrected chi connectivity index (χ1v) is 7.30. The monoisotopic (exact) mass is 395 g/mol. The second-order valence-corrected chi connectivity index (χ2v) is 5.62. The molecule has 5 heteroatoms. The molecule has 0 aliphatic rings. The van der Waals surface area contributed by atoms with Gasteiger partial charge in [0.15, 0.2) is 0 Å². The standard InChI is InChI=1S/C16H14INO3/c1-10-7-12(16(20)21-2)4-5-14(10)18-9-11-3-6-15(19)13(17)8-11/h3-9,19H,1-2H3. The Hall–Kier alpha value is -1.89. The van der Waals surface area contributed by atoms with E-state index in [4.69, 9.17) is 0 Å². The predicted molar refractivity (Wildman–Crippen MR) is 90.6 cm³/mol. The molecule has 108 valence electrons. The zero-order valence-corrected chi connectivity index (χ0v) is 13.8. The Kier molecular flexibility index (Phi) is 4.95. The molecule has 0 fully saturated rings. The number of carbonyl (C=O) groups is 1. The van der Waals surface area contributed by atoms with Crippen LogP contribution in [0.25, 0.3) is 0 Å². The fourth-order valence-corrected chi connectivity index (χ4v) is 2.33. The van der Waals surface area contributed by atoms with Crippen molar-refractivity contribution >= 4 is 40.5 Å². The number of hydrogen-bond acceptors (Lipinski definition) is 4. The number of aliphatic imine (C=N–C) groups is 1. The highest BCUT2D eigenvalue weighted by Gasteiger charge is 2.06. The second-order valence-electron chi connectivity index (χ2n) is 4.46. The van der Waals surface area contributed by atoms with Gasteiger partial charge in [-0.05, 0) is 77.0 Å². The summed E-state index contributed by atoms with van der Waals surface area (Å²) in [7, 11) is 1.36. The number of hydrogen-bond donors (Lipinski definition) is 1. The van der Waals surface area contributed by atoms with E-state index in [0.29, 0.717) is 5.56 Å². The molecule has 0 amide bonds. The first-order valence-electron chi connectivity index (χ1n) is 6.23. The van der Waals surface area contributed by atoms with E-state index >= 15 is 0 Å². The third kappa shape index (κ3) is 3.81. The van der Waals surface area contributed by atoms with Crippen LogP contribution in [0.4, 0.5) is 5.69 Å². The van der Waals surface area contributed by atoms with Gasteiger partial charge in [-0.2, -0.15) is 0 Å². The summed E-state index contributed by atoms with van der Waals surface area (Å²) < 4.78 is 5.46. The number of methoxy groups -OCH3 is 1. The Morgan fingerprint density at radius 2 is 2.05 bits per heavy atom. The largest absolute Gasteiger partial charge is 0.507 e. The van der Waals surface area contributed by atoms with E-state index in [1.165, 1.54) is 7.11 Å². The Morgan fingerprint density at radius 1 is 1.29 bits per heavy atom. The number of phenols is 1. The van der Waals surface area contributed by atoms with Crippen LogP contribution in [0.5, 0.6) is 5.75 Å². The summed E-state index contributed by atoms with van der Waals surface area (Å²) in [5.74, 6) is -0.104. The van der Waals surface area contributed by atoms with Crippen molar-refractivity contribution in [3.05, 3.63) is 56.7 Å². The lowest BCUT2D eigenvalue weighted by molar-refractivity contribution is 0.0600. The van der Waals surface area contributed by atoms with Crippen LogP contribution in [0.1, 0.15) is 21.5 Å². The summed E-state index contributed by atoms with van der Waals surface area (Å²) >= 11 is 2.06. The van der Waals surface area contributed by atoms with Crippen LogP contribution >= 0.6 is 22.6 Å². The Morgan fingerprint density at radius 3 is 2.67 bits per heavy atom. The van der Waals surface area contributed by atoms with Crippen molar-refractivity contribution in [2.75, 3.05) is 7.11 Å². The molecule has 2 aromatic carbocycles. The maximum atomic E-state index is 11.4. The summed E-state index contributed by atoms with van der Waals surface area (Å²) in [6.07, 6.45) is 1.72. The highest BCUT2D eigenvalue weighted by molar-refractivity contribution is 14.1. The van der Waals surface area contributed by atoms with Crippen LogP contribution in [-0.2, 0) is 4.74 Å². The van der Waals surface area contributed by atoms with Crippen LogP contribution in [0, 0.1) is 10.5 Å². The smallest absolute Gasteiger partial charge is 0.337 e. The number of halogens is 1. The molecule has 0 aromatic heterocycles. The average molecular weight is 395 g/mol. The van der Waals surface area contributed by atoms with Crippen LogP contribution in [0.15, 0.2) is 41.4 Å². The molecular formula is C16H14INO3. The Labute approximate surface area is 136 Å². The molecular weight excluding hydrogens is 381 g/mol. The molecule has 0 spiro atoms. The Bertz CT molecular complexity index is 711. The van der Waals surface area contributed by atoms with Gasteiger partial charge < -0.3 is 9.84 Å². The maximum Gasteiger partial charge on any atom is 0.337 e. The molecule has 0 radical (unpaired) electrons. The van der Waals surface area contributed by atoms with Crippen molar-refractivity contribution < 1.29 is 14.6 Å². The molecule has 0 aliphatic carbocycles. The molecule has 0 saturated carbocycles. The minimum Gasteiger partial charge on any atom is -0.507 e. The predicted octanol–water partition coefficient (Wildman–Crippen LogP) is 3.84. The zero-order chi connectivity index (χ0) is 15.4. The minimum absolute atomic E-state index is 0.256. The third-order valence-electron chi connectivity index (χ3n) is 2.94. The summed E-state index contributed by atoms with van der Waals surface area (Å²) in [6, 6.07) is 10.5. The number of carbonyl (C=O) groups excluding carboxylic acids is 1. The average Bonchev–Trinajstić information content (AvgIpc) is 2.48. The summed E-state index contributed by atoms with van der Waals surface area (Å²) in [5, 5.41) is 9.48. The second kappa shape index (κ2) is 6.71. The summed E-state index contributed by atoms with van der Waals surface area (Å²) in [5.41, 5.74) is 3.08. The molecule has 2 aromatic rings. The van der Waals surface area contributed by atoms with Crippen molar-refractivity contribution in [3.8, 4) is 5.75 Å². The van der Waals surface area contributed by atoms with Crippen LogP contribution < -0.4 is 0 Å². The molecule has 0 heterocycles. The van der Waals surface area contributed by atoms with Gasteiger partial charge in [-0.1, -0.05) is 0 Å². The van der Waals surface area contributed by atoms with Gasteiger partial charge in [0, 0.05) is 6.21 Å². The Balaban J connectivity index is 2.24. The van der Waals surface area contributed by atoms with E-state index in [2.05, 4.69) is 32.3 Å². The highest BCUT2D eigenvalue weighted by Crippen LogP contribution is 2.22. The van der Waals surface area contributed by atoms with Crippen molar-refractivity contribution in [2.45, 2.75) is 6.92 Å².